The minimum Gasteiger partial charge on any atom is -0.466 e. The number of ether oxygens (including phenoxy) is 2. The number of halogens is 1. The molecule has 1 aromatic rings. The van der Waals surface area contributed by atoms with Gasteiger partial charge in [-0.2, -0.15) is 0 Å². The first-order valence-electron chi connectivity index (χ1n) is 12.9. The Balaban J connectivity index is 1.59. The summed E-state index contributed by atoms with van der Waals surface area (Å²) in [6.45, 7) is 10.1. The zero-order chi connectivity index (χ0) is 27.6. The number of carbonyl (C=O) groups is 3. The SMILES string of the molecule is CCOC(=O)C1CCN(C(=O)CC2=CSC3=NC(C)=C(C(=O)OC(C)(C)C)C(c4ccccc4F)N23)CC1. The van der Waals surface area contributed by atoms with E-state index in [1.165, 1.54) is 17.8 Å². The average molecular weight is 544 g/mol. The predicted molar refractivity (Wildman–Crippen MR) is 143 cm³/mol. The summed E-state index contributed by atoms with van der Waals surface area (Å²) in [5, 5.41) is 2.41. The van der Waals surface area contributed by atoms with Gasteiger partial charge in [0.15, 0.2) is 5.17 Å². The molecule has 1 aromatic carbocycles. The lowest BCUT2D eigenvalue weighted by Crippen LogP contribution is -2.42. The maximum Gasteiger partial charge on any atom is 0.338 e. The third-order valence-electron chi connectivity index (χ3n) is 6.62. The van der Waals surface area contributed by atoms with Crippen LogP contribution in [0.3, 0.4) is 0 Å². The van der Waals surface area contributed by atoms with Gasteiger partial charge in [0.25, 0.3) is 0 Å². The van der Waals surface area contributed by atoms with Gasteiger partial charge in [-0.25, -0.2) is 14.2 Å². The Morgan fingerprint density at radius 2 is 1.84 bits per heavy atom. The molecule has 0 saturated carbocycles. The summed E-state index contributed by atoms with van der Waals surface area (Å²) in [7, 11) is 0. The van der Waals surface area contributed by atoms with Crippen LogP contribution in [0.25, 0.3) is 0 Å². The maximum absolute atomic E-state index is 15.2. The van der Waals surface area contributed by atoms with E-state index in [2.05, 4.69) is 4.99 Å². The average Bonchev–Trinajstić information content (AvgIpc) is 3.24. The monoisotopic (exact) mass is 543 g/mol. The molecule has 0 aromatic heterocycles. The fraction of sp³-hybridized carbons (Fsp3) is 0.500. The van der Waals surface area contributed by atoms with Gasteiger partial charge in [0.2, 0.25) is 5.91 Å². The Morgan fingerprint density at radius 1 is 1.16 bits per heavy atom. The Labute approximate surface area is 226 Å². The number of esters is 2. The van der Waals surface area contributed by atoms with Gasteiger partial charge in [-0.15, -0.1) is 0 Å². The summed E-state index contributed by atoms with van der Waals surface area (Å²) >= 11 is 1.34. The summed E-state index contributed by atoms with van der Waals surface area (Å²) in [6, 6.07) is 5.48. The first-order chi connectivity index (χ1) is 18.0. The van der Waals surface area contributed by atoms with Crippen LogP contribution in [-0.2, 0) is 23.9 Å². The molecule has 3 aliphatic heterocycles. The Kier molecular flexibility index (Phi) is 8.30. The van der Waals surface area contributed by atoms with Crippen molar-refractivity contribution < 1.29 is 28.2 Å². The molecular weight excluding hydrogens is 509 g/mol. The Bertz CT molecular complexity index is 1210. The molecular formula is C28H34FN3O5S. The second-order valence-electron chi connectivity index (χ2n) is 10.5. The topological polar surface area (TPSA) is 88.5 Å². The molecule has 38 heavy (non-hydrogen) atoms. The molecule has 0 radical (unpaired) electrons. The number of amidine groups is 1. The second-order valence-corrected chi connectivity index (χ2v) is 11.3. The molecule has 204 valence electrons. The third kappa shape index (κ3) is 5.95. The summed E-state index contributed by atoms with van der Waals surface area (Å²) in [4.78, 5) is 46.9. The van der Waals surface area contributed by atoms with Crippen molar-refractivity contribution >= 4 is 34.8 Å². The van der Waals surface area contributed by atoms with E-state index < -0.39 is 23.4 Å². The number of thioether (sulfide) groups is 1. The van der Waals surface area contributed by atoms with Crippen LogP contribution in [0.15, 0.2) is 51.6 Å². The molecule has 0 N–H and O–H groups in total. The summed E-state index contributed by atoms with van der Waals surface area (Å²) in [6.07, 6.45) is 1.16. The number of aliphatic imine (C=N–C) groups is 1. The molecule has 1 unspecified atom stereocenters. The number of amides is 1. The highest BCUT2D eigenvalue weighted by Gasteiger charge is 2.43. The first-order valence-corrected chi connectivity index (χ1v) is 13.7. The molecule has 1 fully saturated rings. The summed E-state index contributed by atoms with van der Waals surface area (Å²) < 4.78 is 26.0. The standard InChI is InChI=1S/C28H34FN3O5S/c1-6-36-25(34)18-11-13-31(14-12-18)22(33)15-19-16-38-27-30-17(2)23(26(35)37-28(3,4)5)24(32(19)27)20-9-7-8-10-21(20)29/h7-10,16,18,24H,6,11-15H2,1-5H3. The molecule has 0 aliphatic carbocycles. The van der Waals surface area contributed by atoms with E-state index in [0.29, 0.717) is 54.7 Å². The van der Waals surface area contributed by atoms with Gasteiger partial charge in [0.05, 0.1) is 36.3 Å². The smallest absolute Gasteiger partial charge is 0.338 e. The van der Waals surface area contributed by atoms with Crippen LogP contribution in [0, 0.1) is 11.7 Å². The van der Waals surface area contributed by atoms with Crippen molar-refractivity contribution in [1.82, 2.24) is 9.80 Å². The fourth-order valence-electron chi connectivity index (χ4n) is 4.85. The Morgan fingerprint density at radius 3 is 2.47 bits per heavy atom. The molecule has 1 saturated heterocycles. The predicted octanol–water partition coefficient (Wildman–Crippen LogP) is 4.93. The molecule has 1 atom stereocenters. The number of rotatable bonds is 6. The van der Waals surface area contributed by atoms with E-state index in [9.17, 15) is 14.4 Å². The van der Waals surface area contributed by atoms with E-state index in [0.717, 1.165) is 0 Å². The number of likely N-dealkylation sites (tertiary alicyclic amines) is 1. The molecule has 1 amide bonds. The summed E-state index contributed by atoms with van der Waals surface area (Å²) in [5.74, 6) is -1.55. The number of hydrogen-bond donors (Lipinski definition) is 0. The first kappa shape index (κ1) is 27.9. The zero-order valence-corrected chi connectivity index (χ0v) is 23.3. The van der Waals surface area contributed by atoms with E-state index in [-0.39, 0.29) is 29.8 Å². The lowest BCUT2D eigenvalue weighted by molar-refractivity contribution is -0.151. The fourth-order valence-corrected chi connectivity index (χ4v) is 5.81. The number of carbonyl (C=O) groups excluding carboxylic acids is 3. The number of hydrogen-bond acceptors (Lipinski definition) is 8. The summed E-state index contributed by atoms with van der Waals surface area (Å²) in [5.41, 5.74) is 0.875. The lowest BCUT2D eigenvalue weighted by atomic mass is 9.93. The number of piperidine rings is 1. The largest absolute Gasteiger partial charge is 0.466 e. The van der Waals surface area contributed by atoms with Crippen LogP contribution in [0.1, 0.15) is 65.5 Å². The zero-order valence-electron chi connectivity index (χ0n) is 22.5. The molecule has 10 heteroatoms. The van der Waals surface area contributed by atoms with Gasteiger partial charge < -0.3 is 19.3 Å². The van der Waals surface area contributed by atoms with Crippen LogP contribution < -0.4 is 0 Å². The van der Waals surface area contributed by atoms with E-state index in [1.807, 2.05) is 5.41 Å². The second kappa shape index (κ2) is 11.3. The minimum absolute atomic E-state index is 0.0572. The van der Waals surface area contributed by atoms with Crippen LogP contribution >= 0.6 is 11.8 Å². The maximum atomic E-state index is 15.2. The number of fused-ring (bicyclic) bond motifs is 1. The van der Waals surface area contributed by atoms with E-state index in [4.69, 9.17) is 9.47 Å². The van der Waals surface area contributed by atoms with Crippen molar-refractivity contribution in [3.8, 4) is 0 Å². The van der Waals surface area contributed by atoms with Crippen LogP contribution in [0.2, 0.25) is 0 Å². The van der Waals surface area contributed by atoms with Gasteiger partial charge in [0, 0.05) is 24.4 Å². The molecule has 4 rings (SSSR count). The number of allylic oxidation sites excluding steroid dienone is 1. The van der Waals surface area contributed by atoms with Gasteiger partial charge >= 0.3 is 11.9 Å². The van der Waals surface area contributed by atoms with E-state index in [1.54, 1.807) is 62.6 Å². The third-order valence-corrected chi connectivity index (χ3v) is 7.51. The van der Waals surface area contributed by atoms with Crippen LogP contribution in [0.5, 0.6) is 0 Å². The van der Waals surface area contributed by atoms with E-state index >= 15 is 4.39 Å². The highest BCUT2D eigenvalue weighted by atomic mass is 32.2. The van der Waals surface area contributed by atoms with Crippen LogP contribution in [0.4, 0.5) is 4.39 Å². The van der Waals surface area contributed by atoms with Crippen molar-refractivity contribution in [3.05, 3.63) is 58.0 Å². The van der Waals surface area contributed by atoms with Gasteiger partial charge in [-0.3, -0.25) is 9.59 Å². The molecule has 0 bridgehead atoms. The van der Waals surface area contributed by atoms with Crippen molar-refractivity contribution in [2.24, 2.45) is 10.9 Å². The van der Waals surface area contributed by atoms with Crippen molar-refractivity contribution in [3.63, 3.8) is 0 Å². The van der Waals surface area contributed by atoms with Gasteiger partial charge in [-0.1, -0.05) is 30.0 Å². The molecule has 8 nitrogen and oxygen atoms in total. The molecule has 0 spiro atoms. The number of benzene rings is 1. The van der Waals surface area contributed by atoms with Crippen molar-refractivity contribution in [1.29, 1.82) is 0 Å². The van der Waals surface area contributed by atoms with Gasteiger partial charge in [0.1, 0.15) is 11.4 Å². The van der Waals surface area contributed by atoms with Gasteiger partial charge in [-0.05, 0) is 58.9 Å². The molecule has 3 heterocycles. The van der Waals surface area contributed by atoms with Crippen molar-refractivity contribution in [2.45, 2.75) is 65.5 Å². The number of nitrogens with zero attached hydrogens (tertiary/aromatic N) is 3. The van der Waals surface area contributed by atoms with Crippen LogP contribution in [-0.4, -0.2) is 58.1 Å². The highest BCUT2D eigenvalue weighted by molar-refractivity contribution is 8.16. The lowest BCUT2D eigenvalue weighted by Gasteiger charge is -2.38. The quantitative estimate of drug-likeness (QED) is 0.470. The highest BCUT2D eigenvalue weighted by Crippen LogP contribution is 2.45. The molecule has 3 aliphatic rings. The normalized spacial score (nSPS) is 20.1. The minimum atomic E-state index is -0.831. The van der Waals surface area contributed by atoms with Crippen molar-refractivity contribution in [2.75, 3.05) is 19.7 Å². The Hall–Kier alpha value is -3.14.